The van der Waals surface area contributed by atoms with E-state index in [1.54, 1.807) is 0 Å². The molecule has 0 saturated heterocycles. The van der Waals surface area contributed by atoms with Crippen molar-refractivity contribution in [1.29, 1.82) is 0 Å². The second kappa shape index (κ2) is 5.85. The average molecular weight is 265 g/mol. The number of hydrogen-bond donors (Lipinski definition) is 2. The van der Waals surface area contributed by atoms with Gasteiger partial charge in [-0.2, -0.15) is 18.3 Å². The molecular formula is C10H14F3N3O2. The van der Waals surface area contributed by atoms with Crippen molar-refractivity contribution in [3.8, 4) is 0 Å². The number of amides is 1. The molecule has 0 aliphatic carbocycles. The van der Waals surface area contributed by atoms with Crippen LogP contribution in [0.4, 0.5) is 13.2 Å². The molecule has 102 valence electrons. The SMILES string of the molecule is CCn1ncc(C(=O)NCCCO)c1C(F)(F)F. The van der Waals surface area contributed by atoms with E-state index in [9.17, 15) is 18.0 Å². The average Bonchev–Trinajstić information content (AvgIpc) is 2.72. The number of aryl methyl sites for hydroxylation is 1. The maximum Gasteiger partial charge on any atom is 0.433 e. The molecule has 0 aliphatic rings. The van der Waals surface area contributed by atoms with Crippen molar-refractivity contribution in [2.75, 3.05) is 13.2 Å². The minimum absolute atomic E-state index is 0.0266. The van der Waals surface area contributed by atoms with Crippen LogP contribution in [0.25, 0.3) is 0 Å². The molecule has 18 heavy (non-hydrogen) atoms. The number of hydrogen-bond acceptors (Lipinski definition) is 3. The smallest absolute Gasteiger partial charge is 0.396 e. The van der Waals surface area contributed by atoms with Crippen molar-refractivity contribution >= 4 is 5.91 Å². The van der Waals surface area contributed by atoms with Crippen molar-refractivity contribution in [2.24, 2.45) is 0 Å². The van der Waals surface area contributed by atoms with E-state index in [1.165, 1.54) is 6.92 Å². The normalized spacial score (nSPS) is 11.6. The molecular weight excluding hydrogens is 251 g/mol. The van der Waals surface area contributed by atoms with E-state index in [4.69, 9.17) is 5.11 Å². The van der Waals surface area contributed by atoms with Gasteiger partial charge >= 0.3 is 6.18 Å². The van der Waals surface area contributed by atoms with Crippen LogP contribution in [-0.4, -0.2) is 33.9 Å². The highest BCUT2D eigenvalue weighted by atomic mass is 19.4. The molecule has 1 aromatic rings. The number of aromatic nitrogens is 2. The molecule has 1 heterocycles. The van der Waals surface area contributed by atoms with E-state index in [1.807, 2.05) is 0 Å². The number of nitrogens with zero attached hydrogens (tertiary/aromatic N) is 2. The molecule has 5 nitrogen and oxygen atoms in total. The first-order valence-corrected chi connectivity index (χ1v) is 5.43. The molecule has 1 aromatic heterocycles. The van der Waals surface area contributed by atoms with Gasteiger partial charge in [-0.15, -0.1) is 0 Å². The van der Waals surface area contributed by atoms with E-state index < -0.39 is 23.3 Å². The summed E-state index contributed by atoms with van der Waals surface area (Å²) in [5, 5.41) is 14.4. The Labute approximate surface area is 102 Å². The van der Waals surface area contributed by atoms with E-state index >= 15 is 0 Å². The van der Waals surface area contributed by atoms with Crippen molar-refractivity contribution < 1.29 is 23.1 Å². The Morgan fingerprint density at radius 1 is 1.56 bits per heavy atom. The van der Waals surface area contributed by atoms with Crippen LogP contribution >= 0.6 is 0 Å². The third-order valence-corrected chi connectivity index (χ3v) is 2.27. The van der Waals surface area contributed by atoms with E-state index in [0.29, 0.717) is 0 Å². The van der Waals surface area contributed by atoms with Gasteiger partial charge in [0.2, 0.25) is 0 Å². The lowest BCUT2D eigenvalue weighted by molar-refractivity contribution is -0.144. The Morgan fingerprint density at radius 2 is 2.22 bits per heavy atom. The van der Waals surface area contributed by atoms with E-state index in [0.717, 1.165) is 10.9 Å². The van der Waals surface area contributed by atoms with Crippen molar-refractivity contribution in [1.82, 2.24) is 15.1 Å². The highest BCUT2D eigenvalue weighted by Gasteiger charge is 2.39. The number of aliphatic hydroxyl groups is 1. The van der Waals surface area contributed by atoms with Crippen LogP contribution in [0, 0.1) is 0 Å². The summed E-state index contributed by atoms with van der Waals surface area (Å²) in [7, 11) is 0. The fourth-order valence-corrected chi connectivity index (χ4v) is 1.47. The molecule has 0 saturated carbocycles. The van der Waals surface area contributed by atoms with Gasteiger partial charge in [0.1, 0.15) is 0 Å². The lowest BCUT2D eigenvalue weighted by atomic mass is 10.2. The lowest BCUT2D eigenvalue weighted by Gasteiger charge is -2.11. The molecule has 0 unspecified atom stereocenters. The largest absolute Gasteiger partial charge is 0.433 e. The second-order valence-electron chi connectivity index (χ2n) is 3.55. The summed E-state index contributed by atoms with van der Waals surface area (Å²) >= 11 is 0. The minimum atomic E-state index is -4.63. The fourth-order valence-electron chi connectivity index (χ4n) is 1.47. The number of alkyl halides is 3. The van der Waals surface area contributed by atoms with Gasteiger partial charge in [-0.1, -0.05) is 0 Å². The first-order valence-electron chi connectivity index (χ1n) is 5.43. The van der Waals surface area contributed by atoms with E-state index in [-0.39, 0.29) is 26.1 Å². The summed E-state index contributed by atoms with van der Waals surface area (Å²) in [5.41, 5.74) is -1.55. The topological polar surface area (TPSA) is 67.2 Å². The number of carbonyl (C=O) groups is 1. The Hall–Kier alpha value is -1.57. The number of carbonyl (C=O) groups excluding carboxylic acids is 1. The summed E-state index contributed by atoms with van der Waals surface area (Å²) in [4.78, 5) is 11.6. The zero-order chi connectivity index (χ0) is 13.8. The molecule has 0 bridgehead atoms. The maximum atomic E-state index is 12.8. The monoisotopic (exact) mass is 265 g/mol. The molecule has 0 radical (unpaired) electrons. The van der Waals surface area contributed by atoms with Crippen molar-refractivity contribution in [3.63, 3.8) is 0 Å². The predicted molar refractivity (Wildman–Crippen MR) is 56.9 cm³/mol. The second-order valence-corrected chi connectivity index (χ2v) is 3.55. The highest BCUT2D eigenvalue weighted by molar-refractivity contribution is 5.95. The zero-order valence-electron chi connectivity index (χ0n) is 9.79. The molecule has 0 fully saturated rings. The summed E-state index contributed by atoms with van der Waals surface area (Å²) in [6, 6.07) is 0. The van der Waals surface area contributed by atoms with Crippen LogP contribution in [-0.2, 0) is 12.7 Å². The van der Waals surface area contributed by atoms with Gasteiger partial charge in [0.25, 0.3) is 5.91 Å². The quantitative estimate of drug-likeness (QED) is 0.781. The van der Waals surface area contributed by atoms with E-state index in [2.05, 4.69) is 10.4 Å². The summed E-state index contributed by atoms with van der Waals surface area (Å²) < 4.78 is 39.1. The first-order chi connectivity index (χ1) is 8.41. The van der Waals surface area contributed by atoms with Crippen LogP contribution in [0.5, 0.6) is 0 Å². The molecule has 0 aromatic carbocycles. The molecule has 0 atom stereocenters. The standard InChI is InChI=1S/C10H14F3N3O2/c1-2-16-8(10(11,12)13)7(6-15-16)9(18)14-4-3-5-17/h6,17H,2-5H2,1H3,(H,14,18). The first kappa shape index (κ1) is 14.5. The van der Waals surface area contributed by atoms with Gasteiger partial charge < -0.3 is 10.4 Å². The van der Waals surface area contributed by atoms with Gasteiger partial charge in [-0.25, -0.2) is 0 Å². The number of rotatable bonds is 5. The molecule has 0 spiro atoms. The predicted octanol–water partition coefficient (Wildman–Crippen LogP) is 1.03. The Bertz CT molecular complexity index is 415. The highest BCUT2D eigenvalue weighted by Crippen LogP contribution is 2.31. The molecule has 8 heteroatoms. The summed E-state index contributed by atoms with van der Waals surface area (Å²) in [5.74, 6) is -0.838. The Balaban J connectivity index is 2.95. The van der Waals surface area contributed by atoms with Crippen LogP contribution in [0.1, 0.15) is 29.4 Å². The number of aliphatic hydroxyl groups excluding tert-OH is 1. The number of halogens is 3. The van der Waals surface area contributed by atoms with Crippen molar-refractivity contribution in [2.45, 2.75) is 26.1 Å². The summed E-state index contributed by atoms with van der Waals surface area (Å²) in [6.07, 6.45) is -3.44. The zero-order valence-corrected chi connectivity index (χ0v) is 9.79. The minimum Gasteiger partial charge on any atom is -0.396 e. The van der Waals surface area contributed by atoms with Crippen LogP contribution < -0.4 is 5.32 Å². The Kier molecular flexibility index (Phi) is 4.71. The van der Waals surface area contributed by atoms with Gasteiger partial charge in [-0.05, 0) is 13.3 Å². The van der Waals surface area contributed by atoms with Crippen LogP contribution in [0.15, 0.2) is 6.20 Å². The molecule has 1 amide bonds. The van der Waals surface area contributed by atoms with Gasteiger partial charge in [-0.3, -0.25) is 9.48 Å². The van der Waals surface area contributed by atoms with Crippen molar-refractivity contribution in [3.05, 3.63) is 17.5 Å². The molecule has 1 rings (SSSR count). The molecule has 2 N–H and O–H groups in total. The third-order valence-electron chi connectivity index (χ3n) is 2.27. The third kappa shape index (κ3) is 3.22. The van der Waals surface area contributed by atoms with Gasteiger partial charge in [0, 0.05) is 19.7 Å². The fraction of sp³-hybridized carbons (Fsp3) is 0.600. The van der Waals surface area contributed by atoms with Gasteiger partial charge in [0.15, 0.2) is 5.69 Å². The van der Waals surface area contributed by atoms with Crippen LogP contribution in [0.2, 0.25) is 0 Å². The summed E-state index contributed by atoms with van der Waals surface area (Å²) in [6.45, 7) is 1.51. The Morgan fingerprint density at radius 3 is 2.72 bits per heavy atom. The molecule has 0 aliphatic heterocycles. The maximum absolute atomic E-state index is 12.8. The lowest BCUT2D eigenvalue weighted by Crippen LogP contribution is -2.28. The number of nitrogens with one attached hydrogen (secondary N) is 1. The van der Waals surface area contributed by atoms with Crippen LogP contribution in [0.3, 0.4) is 0 Å². The van der Waals surface area contributed by atoms with Gasteiger partial charge in [0.05, 0.1) is 11.8 Å².